The van der Waals surface area contributed by atoms with Crippen molar-refractivity contribution in [3.8, 4) is 5.69 Å². The highest BCUT2D eigenvalue weighted by molar-refractivity contribution is 6.37. The molecule has 0 bridgehead atoms. The van der Waals surface area contributed by atoms with Crippen LogP contribution in [0.15, 0.2) is 18.2 Å². The van der Waals surface area contributed by atoms with Crippen LogP contribution in [0.1, 0.15) is 28.7 Å². The lowest BCUT2D eigenvalue weighted by molar-refractivity contribution is 0.0516. The third kappa shape index (κ3) is 3.19. The number of benzene rings is 1. The monoisotopic (exact) mass is 330 g/mol. The SMILES string of the molecule is CCOC(=O)c1cc(C)nn1-c1c(Cl)cc(CF)cc1Cl. The summed E-state index contributed by atoms with van der Waals surface area (Å²) >= 11 is 12.3. The fraction of sp³-hybridized carbons (Fsp3) is 0.286. The number of nitrogens with zero attached hydrogens (tertiary/aromatic N) is 2. The number of hydrogen-bond donors (Lipinski definition) is 0. The molecule has 0 amide bonds. The molecule has 4 nitrogen and oxygen atoms in total. The number of alkyl halides is 1. The van der Waals surface area contributed by atoms with Crippen LogP contribution in [-0.4, -0.2) is 22.4 Å². The van der Waals surface area contributed by atoms with Crippen molar-refractivity contribution < 1.29 is 13.9 Å². The number of esters is 1. The first-order valence-electron chi connectivity index (χ1n) is 6.26. The van der Waals surface area contributed by atoms with Gasteiger partial charge >= 0.3 is 5.97 Å². The Bertz CT molecular complexity index is 663. The van der Waals surface area contributed by atoms with Crippen LogP contribution in [0.2, 0.25) is 10.0 Å². The largest absolute Gasteiger partial charge is 0.461 e. The highest BCUT2D eigenvalue weighted by Gasteiger charge is 2.20. The second kappa shape index (κ2) is 6.45. The smallest absolute Gasteiger partial charge is 0.357 e. The first-order valence-corrected chi connectivity index (χ1v) is 7.01. The summed E-state index contributed by atoms with van der Waals surface area (Å²) in [6, 6.07) is 4.48. The first kappa shape index (κ1) is 15.8. The van der Waals surface area contributed by atoms with Gasteiger partial charge in [0.25, 0.3) is 0 Å². The minimum Gasteiger partial charge on any atom is -0.461 e. The molecule has 0 unspecified atom stereocenters. The van der Waals surface area contributed by atoms with Crippen molar-refractivity contribution in [3.63, 3.8) is 0 Å². The molecule has 0 atom stereocenters. The summed E-state index contributed by atoms with van der Waals surface area (Å²) in [4.78, 5) is 12.0. The molecule has 21 heavy (non-hydrogen) atoms. The average molecular weight is 331 g/mol. The van der Waals surface area contributed by atoms with E-state index in [0.717, 1.165) is 0 Å². The summed E-state index contributed by atoms with van der Waals surface area (Å²) in [7, 11) is 0. The Morgan fingerprint density at radius 3 is 2.48 bits per heavy atom. The maximum absolute atomic E-state index is 12.7. The molecule has 0 N–H and O–H groups in total. The van der Waals surface area contributed by atoms with E-state index in [1.807, 2.05) is 0 Å². The second-order valence-corrected chi connectivity index (χ2v) is 5.16. The van der Waals surface area contributed by atoms with Crippen LogP contribution in [0.5, 0.6) is 0 Å². The molecule has 0 saturated heterocycles. The molecular weight excluding hydrogens is 318 g/mol. The van der Waals surface area contributed by atoms with Gasteiger partial charge in [0, 0.05) is 0 Å². The summed E-state index contributed by atoms with van der Waals surface area (Å²) < 4.78 is 19.0. The third-order valence-corrected chi connectivity index (χ3v) is 3.34. The molecule has 1 heterocycles. The van der Waals surface area contributed by atoms with E-state index in [-0.39, 0.29) is 22.3 Å². The highest BCUT2D eigenvalue weighted by atomic mass is 35.5. The van der Waals surface area contributed by atoms with E-state index in [1.165, 1.54) is 16.8 Å². The van der Waals surface area contributed by atoms with E-state index in [0.29, 0.717) is 16.9 Å². The van der Waals surface area contributed by atoms with E-state index in [2.05, 4.69) is 5.10 Å². The molecule has 0 aliphatic rings. The molecule has 2 aromatic rings. The van der Waals surface area contributed by atoms with E-state index in [1.54, 1.807) is 19.9 Å². The number of hydrogen-bond acceptors (Lipinski definition) is 3. The summed E-state index contributed by atoms with van der Waals surface area (Å²) in [6.45, 7) is 3.01. The molecule has 7 heteroatoms. The van der Waals surface area contributed by atoms with Gasteiger partial charge in [0.05, 0.1) is 22.3 Å². The Morgan fingerprint density at radius 1 is 1.33 bits per heavy atom. The molecule has 0 aliphatic carbocycles. The molecule has 1 aromatic heterocycles. The Kier molecular flexibility index (Phi) is 4.85. The van der Waals surface area contributed by atoms with Gasteiger partial charge in [0.2, 0.25) is 0 Å². The fourth-order valence-corrected chi connectivity index (χ4v) is 2.61. The van der Waals surface area contributed by atoms with E-state index in [9.17, 15) is 9.18 Å². The maximum atomic E-state index is 12.7. The quantitative estimate of drug-likeness (QED) is 0.791. The number of carbonyl (C=O) groups excluding carboxylic acids is 1. The summed E-state index contributed by atoms with van der Waals surface area (Å²) in [6.07, 6.45) is 0. The minimum atomic E-state index is -0.678. The van der Waals surface area contributed by atoms with Gasteiger partial charge in [0.15, 0.2) is 5.69 Å². The molecule has 0 spiro atoms. The Morgan fingerprint density at radius 2 is 1.95 bits per heavy atom. The summed E-state index contributed by atoms with van der Waals surface area (Å²) in [5.74, 6) is -0.528. The van der Waals surface area contributed by atoms with E-state index in [4.69, 9.17) is 27.9 Å². The van der Waals surface area contributed by atoms with Crippen molar-refractivity contribution in [2.24, 2.45) is 0 Å². The van der Waals surface area contributed by atoms with Crippen molar-refractivity contribution in [2.75, 3.05) is 6.61 Å². The van der Waals surface area contributed by atoms with E-state index >= 15 is 0 Å². The predicted octanol–water partition coefficient (Wildman–Crippen LogP) is 4.13. The van der Waals surface area contributed by atoms with Gasteiger partial charge in [-0.25, -0.2) is 13.9 Å². The number of rotatable bonds is 4. The lowest BCUT2D eigenvalue weighted by Crippen LogP contribution is -2.12. The first-order chi connectivity index (χ1) is 9.97. The highest BCUT2D eigenvalue weighted by Crippen LogP contribution is 2.31. The Balaban J connectivity index is 2.60. The van der Waals surface area contributed by atoms with Crippen molar-refractivity contribution in [1.29, 1.82) is 0 Å². The van der Waals surface area contributed by atoms with Crippen LogP contribution in [0.25, 0.3) is 5.69 Å². The number of carbonyl (C=O) groups is 1. The molecule has 0 radical (unpaired) electrons. The van der Waals surface area contributed by atoms with Crippen LogP contribution in [-0.2, 0) is 11.4 Å². The van der Waals surface area contributed by atoms with Crippen LogP contribution < -0.4 is 0 Å². The maximum Gasteiger partial charge on any atom is 0.357 e. The van der Waals surface area contributed by atoms with Crippen molar-refractivity contribution >= 4 is 29.2 Å². The Labute approximate surface area is 131 Å². The number of ether oxygens (including phenoxy) is 1. The molecular formula is C14H13Cl2FN2O2. The predicted molar refractivity (Wildman–Crippen MR) is 79.1 cm³/mol. The zero-order valence-electron chi connectivity index (χ0n) is 11.5. The van der Waals surface area contributed by atoms with Crippen LogP contribution >= 0.6 is 23.2 Å². The van der Waals surface area contributed by atoms with Gasteiger partial charge < -0.3 is 4.74 Å². The number of aromatic nitrogens is 2. The van der Waals surface area contributed by atoms with Gasteiger partial charge in [-0.3, -0.25) is 0 Å². The van der Waals surface area contributed by atoms with Crippen LogP contribution in [0.4, 0.5) is 4.39 Å². The number of aryl methyl sites for hydroxylation is 1. The lowest BCUT2D eigenvalue weighted by Gasteiger charge is -2.11. The van der Waals surface area contributed by atoms with Gasteiger partial charge in [-0.15, -0.1) is 0 Å². The van der Waals surface area contributed by atoms with Crippen LogP contribution in [0.3, 0.4) is 0 Å². The van der Waals surface area contributed by atoms with Crippen molar-refractivity contribution in [1.82, 2.24) is 9.78 Å². The van der Waals surface area contributed by atoms with Gasteiger partial charge in [-0.05, 0) is 37.6 Å². The minimum absolute atomic E-state index is 0.212. The third-order valence-electron chi connectivity index (χ3n) is 2.76. The number of halogens is 3. The average Bonchev–Trinajstić information content (AvgIpc) is 2.80. The van der Waals surface area contributed by atoms with Crippen LogP contribution in [0, 0.1) is 6.92 Å². The standard InChI is InChI=1S/C14H13Cl2FN2O2/c1-3-21-14(20)12-4-8(2)18-19(12)13-10(15)5-9(7-17)6-11(13)16/h4-6H,3,7H2,1-2H3. The molecule has 0 saturated carbocycles. The zero-order valence-corrected chi connectivity index (χ0v) is 13.0. The van der Waals surface area contributed by atoms with Crippen molar-refractivity contribution in [3.05, 3.63) is 45.2 Å². The lowest BCUT2D eigenvalue weighted by atomic mass is 10.2. The molecule has 0 fully saturated rings. The Hall–Kier alpha value is -1.59. The van der Waals surface area contributed by atoms with Gasteiger partial charge in [-0.2, -0.15) is 5.10 Å². The topological polar surface area (TPSA) is 44.1 Å². The van der Waals surface area contributed by atoms with Gasteiger partial charge in [-0.1, -0.05) is 23.2 Å². The van der Waals surface area contributed by atoms with Crippen molar-refractivity contribution in [2.45, 2.75) is 20.5 Å². The molecule has 1 aromatic carbocycles. The normalized spacial score (nSPS) is 10.7. The molecule has 112 valence electrons. The fourth-order valence-electron chi connectivity index (χ4n) is 1.92. The summed E-state index contributed by atoms with van der Waals surface area (Å²) in [5, 5.41) is 4.64. The van der Waals surface area contributed by atoms with Gasteiger partial charge in [0.1, 0.15) is 12.4 Å². The molecule has 0 aliphatic heterocycles. The molecule has 2 rings (SSSR count). The second-order valence-electron chi connectivity index (χ2n) is 4.34. The summed E-state index contributed by atoms with van der Waals surface area (Å²) in [5.41, 5.74) is 1.51. The van der Waals surface area contributed by atoms with E-state index < -0.39 is 12.6 Å². The zero-order chi connectivity index (χ0) is 15.6.